The quantitative estimate of drug-likeness (QED) is 0.204. The topological polar surface area (TPSA) is 245 Å². The Morgan fingerprint density at radius 2 is 1.84 bits per heavy atom. The van der Waals surface area contributed by atoms with Crippen LogP contribution in [0.5, 0.6) is 0 Å². The van der Waals surface area contributed by atoms with Gasteiger partial charge in [0.25, 0.3) is 0 Å². The van der Waals surface area contributed by atoms with Crippen molar-refractivity contribution in [3.63, 3.8) is 0 Å². The van der Waals surface area contributed by atoms with Crippen molar-refractivity contribution in [2.24, 2.45) is 0 Å². The number of phosphoric ester groups is 1. The predicted octanol–water partition coefficient (Wildman–Crippen LogP) is -1.10. The summed E-state index contributed by atoms with van der Waals surface area (Å²) in [5.41, 5.74) is -0.764. The van der Waals surface area contributed by atoms with Gasteiger partial charge in [-0.05, 0) is 6.07 Å². The summed E-state index contributed by atoms with van der Waals surface area (Å²) >= 11 is 0. The highest BCUT2D eigenvalue weighted by molar-refractivity contribution is 7.66. The maximum absolute atomic E-state index is 12.2. The van der Waals surface area contributed by atoms with Crippen molar-refractivity contribution in [1.82, 2.24) is 9.55 Å². The summed E-state index contributed by atoms with van der Waals surface area (Å²) < 4.78 is 56.9. The van der Waals surface area contributed by atoms with Crippen LogP contribution in [-0.4, -0.2) is 73.3 Å². The van der Waals surface area contributed by atoms with Crippen molar-refractivity contribution in [3.05, 3.63) is 22.7 Å². The molecule has 6 N–H and O–H groups in total. The number of aromatic nitrogens is 2. The molecule has 1 fully saturated rings. The number of aliphatic hydroxyl groups excluding tert-OH is 1. The van der Waals surface area contributed by atoms with E-state index in [2.05, 4.69) is 23.4 Å². The Balaban J connectivity index is 2.10. The Morgan fingerprint density at radius 3 is 2.35 bits per heavy atom. The van der Waals surface area contributed by atoms with Crippen LogP contribution in [0.1, 0.15) is 6.23 Å². The third-order valence-corrected chi connectivity index (χ3v) is 7.57. The maximum Gasteiger partial charge on any atom is 0.490 e. The number of hydrogen-bond donors (Lipinski definition) is 6. The Hall–Kier alpha value is -1.03. The Kier molecular flexibility index (Phi) is 8.33. The van der Waals surface area contributed by atoms with Gasteiger partial charge in [0.15, 0.2) is 6.23 Å². The highest BCUT2D eigenvalue weighted by atomic mass is 31.3. The van der Waals surface area contributed by atoms with Gasteiger partial charge < -0.3 is 39.5 Å². The molecule has 178 valence electrons. The standard InChI is InChI=1S/C11H20N3O14P3/c1-12-7-3-4-14(11(16)13-7)10-9(24-2)8(15)6(26-10)5-25-30(20,21)28-31(22,23)27-29(17,18)19/h3-4,6,8-10,15H,5H2,1-2H3,(H,20,21)(H,22,23)(H,12,13,16)(H2,17,18,19)/t6-,8?,9+,10-/m1/s1. The summed E-state index contributed by atoms with van der Waals surface area (Å²) in [4.78, 5) is 51.5. The molecular formula is C11H20N3O14P3. The molecule has 31 heavy (non-hydrogen) atoms. The molecule has 0 saturated carbocycles. The molecule has 0 aliphatic carbocycles. The molecule has 2 rings (SSSR count). The molecule has 0 bridgehead atoms. The summed E-state index contributed by atoms with van der Waals surface area (Å²) in [6.07, 6.45) is -3.96. The molecule has 1 aromatic heterocycles. The van der Waals surface area contributed by atoms with Crippen LogP contribution in [0.2, 0.25) is 0 Å². The van der Waals surface area contributed by atoms with Crippen LogP contribution in [0.4, 0.5) is 5.82 Å². The third-order valence-electron chi connectivity index (χ3n) is 3.76. The summed E-state index contributed by atoms with van der Waals surface area (Å²) in [7, 11) is -13.9. The molecule has 2 heterocycles. The minimum atomic E-state index is -5.69. The van der Waals surface area contributed by atoms with Crippen molar-refractivity contribution in [2.75, 3.05) is 26.1 Å². The van der Waals surface area contributed by atoms with Crippen molar-refractivity contribution in [2.45, 2.75) is 24.5 Å². The lowest BCUT2D eigenvalue weighted by Crippen LogP contribution is -2.37. The molecule has 1 aliphatic rings. The number of phosphoric acid groups is 3. The molecule has 1 aromatic rings. The number of methoxy groups -OCH3 is 1. The van der Waals surface area contributed by atoms with Crippen LogP contribution < -0.4 is 11.0 Å². The fourth-order valence-electron chi connectivity index (χ4n) is 2.55. The zero-order chi connectivity index (χ0) is 23.6. The highest BCUT2D eigenvalue weighted by Gasteiger charge is 2.47. The predicted molar refractivity (Wildman–Crippen MR) is 98.6 cm³/mol. The molecule has 0 spiro atoms. The molecule has 17 nitrogen and oxygen atoms in total. The minimum Gasteiger partial charge on any atom is -0.387 e. The number of aliphatic hydroxyl groups is 1. The van der Waals surface area contributed by atoms with E-state index in [-0.39, 0.29) is 5.82 Å². The van der Waals surface area contributed by atoms with Crippen LogP contribution in [0.15, 0.2) is 17.1 Å². The van der Waals surface area contributed by atoms with E-state index in [1.807, 2.05) is 0 Å². The average molecular weight is 511 g/mol. The summed E-state index contributed by atoms with van der Waals surface area (Å²) in [5, 5.41) is 13.0. The first-order valence-electron chi connectivity index (χ1n) is 8.09. The van der Waals surface area contributed by atoms with Gasteiger partial charge in [-0.2, -0.15) is 13.6 Å². The van der Waals surface area contributed by atoms with E-state index in [0.29, 0.717) is 0 Å². The van der Waals surface area contributed by atoms with Crippen LogP contribution in [0, 0.1) is 0 Å². The van der Waals surface area contributed by atoms with Crippen molar-refractivity contribution < 1.29 is 61.0 Å². The Labute approximate surface area is 174 Å². The number of hydrogen-bond acceptors (Lipinski definition) is 12. The monoisotopic (exact) mass is 511 g/mol. The van der Waals surface area contributed by atoms with Gasteiger partial charge >= 0.3 is 29.2 Å². The van der Waals surface area contributed by atoms with Gasteiger partial charge in [-0.15, -0.1) is 0 Å². The second-order valence-corrected chi connectivity index (χ2v) is 10.3. The van der Waals surface area contributed by atoms with E-state index >= 15 is 0 Å². The molecule has 1 aliphatic heterocycles. The van der Waals surface area contributed by atoms with Crippen LogP contribution in [-0.2, 0) is 36.3 Å². The van der Waals surface area contributed by atoms with Crippen molar-refractivity contribution in [1.29, 1.82) is 0 Å². The van der Waals surface area contributed by atoms with E-state index in [1.165, 1.54) is 19.4 Å². The average Bonchev–Trinajstić information content (AvgIpc) is 2.92. The van der Waals surface area contributed by atoms with Gasteiger partial charge in [-0.1, -0.05) is 0 Å². The number of anilines is 1. The van der Waals surface area contributed by atoms with Gasteiger partial charge in [0.1, 0.15) is 24.1 Å². The van der Waals surface area contributed by atoms with E-state index < -0.39 is 60.3 Å². The zero-order valence-corrected chi connectivity index (χ0v) is 18.5. The van der Waals surface area contributed by atoms with Gasteiger partial charge in [0.2, 0.25) is 0 Å². The van der Waals surface area contributed by atoms with Gasteiger partial charge in [0, 0.05) is 20.4 Å². The maximum atomic E-state index is 12.2. The first kappa shape index (κ1) is 26.2. The van der Waals surface area contributed by atoms with E-state index in [1.54, 1.807) is 7.05 Å². The summed E-state index contributed by atoms with van der Waals surface area (Å²) in [5.74, 6) is 0.262. The van der Waals surface area contributed by atoms with Crippen molar-refractivity contribution in [3.8, 4) is 0 Å². The molecule has 0 radical (unpaired) electrons. The van der Waals surface area contributed by atoms with Gasteiger partial charge in [0.05, 0.1) is 6.61 Å². The molecule has 0 aromatic carbocycles. The molecular weight excluding hydrogens is 491 g/mol. The van der Waals surface area contributed by atoms with E-state index in [9.17, 15) is 28.5 Å². The Morgan fingerprint density at radius 1 is 1.19 bits per heavy atom. The van der Waals surface area contributed by atoms with Gasteiger partial charge in [-0.25, -0.2) is 18.5 Å². The molecule has 3 unspecified atom stereocenters. The molecule has 0 amide bonds. The smallest absolute Gasteiger partial charge is 0.387 e. The molecule has 1 saturated heterocycles. The van der Waals surface area contributed by atoms with Crippen LogP contribution in [0.3, 0.4) is 0 Å². The second kappa shape index (κ2) is 9.85. The number of rotatable bonds is 10. The summed E-state index contributed by atoms with van der Waals surface area (Å²) in [6.45, 7) is -0.919. The lowest BCUT2D eigenvalue weighted by Gasteiger charge is -2.20. The lowest BCUT2D eigenvalue weighted by molar-refractivity contribution is -0.0618. The fraction of sp³-hybridized carbons (Fsp3) is 0.636. The molecule has 6 atom stereocenters. The van der Waals surface area contributed by atoms with Crippen molar-refractivity contribution >= 4 is 29.3 Å². The SMILES string of the molecule is CNc1ccn([C@@H]2O[C@H](COP(=O)(O)OP(=O)(O)OP(=O)(O)O)C(O)[C@@H]2OC)c(=O)n1. The third kappa shape index (κ3) is 7.23. The lowest BCUT2D eigenvalue weighted by atomic mass is 10.1. The van der Waals surface area contributed by atoms with Gasteiger partial charge in [-0.3, -0.25) is 9.09 Å². The van der Waals surface area contributed by atoms with Crippen LogP contribution in [0.25, 0.3) is 0 Å². The first-order valence-corrected chi connectivity index (χ1v) is 12.6. The number of nitrogens with zero attached hydrogens (tertiary/aromatic N) is 2. The number of ether oxygens (including phenoxy) is 2. The van der Waals surface area contributed by atoms with Crippen LogP contribution >= 0.6 is 23.5 Å². The normalized spacial score (nSPS) is 28.1. The van der Waals surface area contributed by atoms with E-state index in [4.69, 9.17) is 24.2 Å². The highest BCUT2D eigenvalue weighted by Crippen LogP contribution is 2.66. The second-order valence-electron chi connectivity index (χ2n) is 5.90. The zero-order valence-electron chi connectivity index (χ0n) is 15.8. The van der Waals surface area contributed by atoms with E-state index in [0.717, 1.165) is 4.57 Å². The first-order chi connectivity index (χ1) is 14.2. The largest absolute Gasteiger partial charge is 0.490 e. The fourth-order valence-corrected chi connectivity index (χ4v) is 5.58. The minimum absolute atomic E-state index is 0.262. The molecule has 20 heteroatoms. The Bertz CT molecular complexity index is 980. The summed E-state index contributed by atoms with van der Waals surface area (Å²) in [6, 6.07) is 1.43. The number of nitrogens with one attached hydrogen (secondary N) is 1.